The fraction of sp³-hybridized carbons (Fsp3) is 0.200. The summed E-state index contributed by atoms with van der Waals surface area (Å²) in [4.78, 5) is 23.9. The van der Waals surface area contributed by atoms with Crippen molar-refractivity contribution < 1.29 is 0 Å². The third-order valence-electron chi connectivity index (χ3n) is 6.58. The van der Waals surface area contributed by atoms with E-state index in [0.717, 1.165) is 56.0 Å². The molecule has 2 aromatic carbocycles. The Bertz CT molecular complexity index is 1490. The number of aromatic nitrogens is 4. The van der Waals surface area contributed by atoms with E-state index < -0.39 is 0 Å². The lowest BCUT2D eigenvalue weighted by Gasteiger charge is -2.18. The molecule has 0 bridgehead atoms. The highest BCUT2D eigenvalue weighted by molar-refractivity contribution is 5.87. The minimum absolute atomic E-state index is 0.375. The number of benzene rings is 2. The summed E-state index contributed by atoms with van der Waals surface area (Å²) in [6.45, 7) is 8.64. The summed E-state index contributed by atoms with van der Waals surface area (Å²) in [6.07, 6.45) is 16.4. The van der Waals surface area contributed by atoms with Crippen LogP contribution in [0.25, 0.3) is 57.5 Å². The molecule has 0 saturated carbocycles. The van der Waals surface area contributed by atoms with Gasteiger partial charge in [-0.25, -0.2) is 19.9 Å². The van der Waals surface area contributed by atoms with Crippen LogP contribution in [0.15, 0.2) is 61.2 Å². The Hall–Kier alpha value is -4.32. The van der Waals surface area contributed by atoms with Gasteiger partial charge in [-0.2, -0.15) is 0 Å². The van der Waals surface area contributed by atoms with E-state index in [0.29, 0.717) is 12.1 Å². The maximum atomic E-state index is 4.93. The highest BCUT2D eigenvalue weighted by atomic mass is 15.1. The zero-order valence-electron chi connectivity index (χ0n) is 20.9. The van der Waals surface area contributed by atoms with Gasteiger partial charge >= 0.3 is 0 Å². The molecule has 178 valence electrons. The van der Waals surface area contributed by atoms with Gasteiger partial charge < -0.3 is 9.80 Å². The zero-order valence-corrected chi connectivity index (χ0v) is 20.9. The predicted octanol–water partition coefficient (Wildman–Crippen LogP) is 6.57. The monoisotopic (exact) mass is 472 g/mol. The minimum atomic E-state index is 0.375. The van der Waals surface area contributed by atoms with Crippen molar-refractivity contribution in [1.29, 1.82) is 0 Å². The van der Waals surface area contributed by atoms with Crippen LogP contribution in [0, 0.1) is 0 Å². The Kier molecular flexibility index (Phi) is 5.37. The molecule has 0 atom stereocenters. The van der Waals surface area contributed by atoms with Gasteiger partial charge in [0, 0.05) is 36.9 Å². The van der Waals surface area contributed by atoms with Crippen LogP contribution in [0.5, 0.6) is 0 Å². The van der Waals surface area contributed by atoms with Gasteiger partial charge in [0.25, 0.3) is 0 Å². The molecule has 36 heavy (non-hydrogen) atoms. The molecule has 4 aromatic rings. The van der Waals surface area contributed by atoms with Crippen LogP contribution in [0.4, 0.5) is 0 Å². The van der Waals surface area contributed by atoms with Crippen LogP contribution in [0.2, 0.25) is 0 Å². The molecule has 0 N–H and O–H groups in total. The first-order valence-electron chi connectivity index (χ1n) is 12.4. The molecule has 4 heterocycles. The van der Waals surface area contributed by atoms with Crippen LogP contribution >= 0.6 is 0 Å². The second-order valence-corrected chi connectivity index (χ2v) is 9.74. The van der Waals surface area contributed by atoms with E-state index in [2.05, 4.69) is 86.6 Å². The summed E-state index contributed by atoms with van der Waals surface area (Å²) in [5.41, 5.74) is 9.18. The van der Waals surface area contributed by atoms with Crippen LogP contribution in [0.3, 0.4) is 0 Å². The number of rotatable bonds is 3. The van der Waals surface area contributed by atoms with Crippen molar-refractivity contribution in [2.45, 2.75) is 39.8 Å². The first-order valence-corrected chi connectivity index (χ1v) is 12.4. The Labute approximate surface area is 211 Å². The number of hydrogen-bond donors (Lipinski definition) is 0. The first kappa shape index (κ1) is 22.2. The van der Waals surface area contributed by atoms with Crippen molar-refractivity contribution in [2.75, 3.05) is 0 Å². The van der Waals surface area contributed by atoms with Gasteiger partial charge in [-0.3, -0.25) is 0 Å². The summed E-state index contributed by atoms with van der Waals surface area (Å²) in [7, 11) is 0. The number of hydrogen-bond acceptors (Lipinski definition) is 6. The second kappa shape index (κ2) is 8.72. The van der Waals surface area contributed by atoms with E-state index >= 15 is 0 Å². The highest BCUT2D eigenvalue weighted by Gasteiger charge is 2.13. The molecule has 0 aliphatic carbocycles. The van der Waals surface area contributed by atoms with Crippen LogP contribution in [-0.4, -0.2) is 41.8 Å². The SMILES string of the molecule is CC(C)N1C=Cc2nc3ccc(-c4ccc5nc6c(nc5c4)C=CN(C(C)C)C=C6)cc3nc2C=C1. The second-order valence-electron chi connectivity index (χ2n) is 9.74. The topological polar surface area (TPSA) is 58.0 Å². The molecule has 2 aliphatic rings. The Morgan fingerprint density at radius 1 is 0.472 bits per heavy atom. The molecule has 0 saturated heterocycles. The third kappa shape index (κ3) is 4.05. The van der Waals surface area contributed by atoms with Crippen molar-refractivity contribution in [3.8, 4) is 11.1 Å². The van der Waals surface area contributed by atoms with Crippen molar-refractivity contribution in [2.24, 2.45) is 0 Å². The number of nitrogens with zero attached hydrogens (tertiary/aromatic N) is 6. The predicted molar refractivity (Wildman–Crippen MR) is 148 cm³/mol. The van der Waals surface area contributed by atoms with Gasteiger partial charge in [-0.1, -0.05) is 12.1 Å². The Morgan fingerprint density at radius 2 is 0.806 bits per heavy atom. The van der Waals surface area contributed by atoms with Crippen molar-refractivity contribution in [3.05, 3.63) is 84.0 Å². The summed E-state index contributed by atoms with van der Waals surface area (Å²) in [5.74, 6) is 0. The van der Waals surface area contributed by atoms with Gasteiger partial charge in [-0.15, -0.1) is 0 Å². The van der Waals surface area contributed by atoms with Crippen LogP contribution < -0.4 is 0 Å². The Balaban J connectivity index is 1.38. The van der Waals surface area contributed by atoms with Gasteiger partial charge in [0.1, 0.15) is 0 Å². The standard InChI is InChI=1S/C30H28N6/c1-19(2)35-13-9-25-27(11-15-35)33-29-17-21(5-7-23(29)31-25)22-6-8-24-30(18-22)34-28-12-16-36(20(3)4)14-10-26(28)32-24/h5-20H,1-4H3. The van der Waals surface area contributed by atoms with E-state index in [1.54, 1.807) is 0 Å². The number of fused-ring (bicyclic) bond motifs is 4. The van der Waals surface area contributed by atoms with E-state index in [-0.39, 0.29) is 0 Å². The van der Waals surface area contributed by atoms with Gasteiger partial charge in [0.15, 0.2) is 0 Å². The van der Waals surface area contributed by atoms with Gasteiger partial charge in [0.05, 0.1) is 44.8 Å². The maximum absolute atomic E-state index is 4.93. The fourth-order valence-electron chi connectivity index (χ4n) is 4.43. The molecule has 2 aliphatic heterocycles. The van der Waals surface area contributed by atoms with Gasteiger partial charge in [-0.05, 0) is 87.4 Å². The molecule has 2 aromatic heterocycles. The molecular formula is C30H28N6. The average molecular weight is 473 g/mol. The molecule has 6 heteroatoms. The highest BCUT2D eigenvalue weighted by Crippen LogP contribution is 2.28. The summed E-state index contributed by atoms with van der Waals surface area (Å²) in [6, 6.07) is 13.2. The third-order valence-corrected chi connectivity index (χ3v) is 6.58. The van der Waals surface area contributed by atoms with E-state index in [9.17, 15) is 0 Å². The largest absolute Gasteiger partial charge is 0.352 e. The lowest BCUT2D eigenvalue weighted by molar-refractivity contribution is 0.422. The lowest BCUT2D eigenvalue weighted by atomic mass is 10.0. The van der Waals surface area contributed by atoms with Crippen LogP contribution in [-0.2, 0) is 0 Å². The van der Waals surface area contributed by atoms with Crippen molar-refractivity contribution in [1.82, 2.24) is 29.7 Å². The average Bonchev–Trinajstić information content (AvgIpc) is 3.21. The molecule has 0 fully saturated rings. The molecule has 0 amide bonds. The van der Waals surface area contributed by atoms with Crippen LogP contribution in [0.1, 0.15) is 50.5 Å². The van der Waals surface area contributed by atoms with Crippen molar-refractivity contribution in [3.63, 3.8) is 0 Å². The molecule has 6 rings (SSSR count). The smallest absolute Gasteiger partial charge is 0.0909 e. The molecular weight excluding hydrogens is 444 g/mol. The van der Waals surface area contributed by atoms with E-state index in [1.165, 1.54) is 0 Å². The van der Waals surface area contributed by atoms with Gasteiger partial charge in [0.2, 0.25) is 0 Å². The van der Waals surface area contributed by atoms with E-state index in [1.807, 2.05) is 36.4 Å². The van der Waals surface area contributed by atoms with Crippen molar-refractivity contribution >= 4 is 46.4 Å². The minimum Gasteiger partial charge on any atom is -0.352 e. The fourth-order valence-corrected chi connectivity index (χ4v) is 4.43. The lowest BCUT2D eigenvalue weighted by Crippen LogP contribution is -2.18. The first-order chi connectivity index (χ1) is 17.4. The summed E-state index contributed by atoms with van der Waals surface area (Å²) < 4.78 is 0. The Morgan fingerprint density at radius 3 is 1.14 bits per heavy atom. The molecule has 0 spiro atoms. The zero-order chi connectivity index (χ0) is 24.8. The summed E-state index contributed by atoms with van der Waals surface area (Å²) >= 11 is 0. The molecule has 0 unspecified atom stereocenters. The van der Waals surface area contributed by atoms with E-state index in [4.69, 9.17) is 19.9 Å². The molecule has 6 nitrogen and oxygen atoms in total. The summed E-state index contributed by atoms with van der Waals surface area (Å²) in [5, 5.41) is 0. The maximum Gasteiger partial charge on any atom is 0.0909 e. The normalized spacial score (nSPS) is 14.6. The molecule has 0 radical (unpaired) electrons. The quantitative estimate of drug-likeness (QED) is 0.336.